The standard InChI is InChI=1S/C14H19N3O3S.ClH/c15-13(18)9-21-12-4-2-1-3-11(12)17-14(19)7-10-8-20-6-5-16-10;/h1-4,10,16H,5-9H2,(H2,15,18)(H,17,19);1H. The molecule has 0 spiro atoms. The highest BCUT2D eigenvalue weighted by atomic mass is 35.5. The Morgan fingerprint density at radius 3 is 2.86 bits per heavy atom. The Balaban J connectivity index is 0.00000242. The lowest BCUT2D eigenvalue weighted by molar-refractivity contribution is -0.117. The Labute approximate surface area is 139 Å². The van der Waals surface area contributed by atoms with Crippen LogP contribution >= 0.6 is 24.2 Å². The van der Waals surface area contributed by atoms with Crippen LogP contribution in [0, 0.1) is 0 Å². The van der Waals surface area contributed by atoms with Gasteiger partial charge in [0, 0.05) is 23.9 Å². The molecule has 0 radical (unpaired) electrons. The second-order valence-corrected chi connectivity index (χ2v) is 5.75. The molecular formula is C14H20ClN3O3S. The molecule has 0 saturated carbocycles. The van der Waals surface area contributed by atoms with Crippen LogP contribution in [0.1, 0.15) is 6.42 Å². The number of morpholine rings is 1. The van der Waals surface area contributed by atoms with E-state index in [0.717, 1.165) is 11.4 Å². The van der Waals surface area contributed by atoms with Crippen molar-refractivity contribution >= 4 is 41.7 Å². The number of hydrogen-bond acceptors (Lipinski definition) is 5. The van der Waals surface area contributed by atoms with Gasteiger partial charge < -0.3 is 21.1 Å². The average Bonchev–Trinajstić information content (AvgIpc) is 2.47. The Morgan fingerprint density at radius 1 is 1.41 bits per heavy atom. The molecule has 0 bridgehead atoms. The third kappa shape index (κ3) is 6.23. The average molecular weight is 346 g/mol. The molecule has 0 aliphatic carbocycles. The lowest BCUT2D eigenvalue weighted by atomic mass is 10.2. The number of thioether (sulfide) groups is 1. The van der Waals surface area contributed by atoms with Crippen LogP contribution in [0.3, 0.4) is 0 Å². The van der Waals surface area contributed by atoms with Gasteiger partial charge in [0.05, 0.1) is 24.7 Å². The van der Waals surface area contributed by atoms with E-state index in [1.165, 1.54) is 11.8 Å². The van der Waals surface area contributed by atoms with Gasteiger partial charge in [-0.25, -0.2) is 0 Å². The first-order chi connectivity index (χ1) is 10.1. The van der Waals surface area contributed by atoms with E-state index in [1.54, 1.807) is 0 Å². The SMILES string of the molecule is Cl.NC(=O)CSc1ccccc1NC(=O)CC1COCCN1. The molecule has 2 amide bonds. The largest absolute Gasteiger partial charge is 0.378 e. The Kier molecular flexibility index (Phi) is 8.26. The summed E-state index contributed by atoms with van der Waals surface area (Å²) in [5.41, 5.74) is 5.85. The molecule has 1 atom stereocenters. The van der Waals surface area contributed by atoms with Crippen molar-refractivity contribution in [3.63, 3.8) is 0 Å². The van der Waals surface area contributed by atoms with Crippen molar-refractivity contribution in [2.24, 2.45) is 5.73 Å². The van der Waals surface area contributed by atoms with Crippen LogP contribution in [0.25, 0.3) is 0 Å². The molecule has 1 aromatic carbocycles. The predicted molar refractivity (Wildman–Crippen MR) is 89.5 cm³/mol. The number of hydrogen-bond donors (Lipinski definition) is 3. The molecule has 2 rings (SSSR count). The quantitative estimate of drug-likeness (QED) is 0.669. The summed E-state index contributed by atoms with van der Waals surface area (Å²) in [6, 6.07) is 7.41. The molecule has 1 fully saturated rings. The molecule has 0 aromatic heterocycles. The number of nitrogens with one attached hydrogen (secondary N) is 2. The molecule has 1 saturated heterocycles. The van der Waals surface area contributed by atoms with Gasteiger partial charge in [-0.05, 0) is 12.1 Å². The van der Waals surface area contributed by atoms with Crippen LogP contribution in [0.4, 0.5) is 5.69 Å². The van der Waals surface area contributed by atoms with Crippen LogP contribution < -0.4 is 16.4 Å². The highest BCUT2D eigenvalue weighted by molar-refractivity contribution is 8.00. The zero-order valence-corrected chi connectivity index (χ0v) is 13.7. The van der Waals surface area contributed by atoms with Crippen LogP contribution in [-0.4, -0.2) is 43.4 Å². The number of amides is 2. The monoisotopic (exact) mass is 345 g/mol. The fraction of sp³-hybridized carbons (Fsp3) is 0.429. The Morgan fingerprint density at radius 2 is 2.18 bits per heavy atom. The smallest absolute Gasteiger partial charge is 0.227 e. The van der Waals surface area contributed by atoms with Gasteiger partial charge in [-0.1, -0.05) is 12.1 Å². The third-order valence-corrected chi connectivity index (χ3v) is 4.06. The normalized spacial score (nSPS) is 17.4. The van der Waals surface area contributed by atoms with Gasteiger partial charge in [0.1, 0.15) is 0 Å². The highest BCUT2D eigenvalue weighted by Crippen LogP contribution is 2.26. The lowest BCUT2D eigenvalue weighted by Gasteiger charge is -2.23. The van der Waals surface area contributed by atoms with Gasteiger partial charge in [-0.2, -0.15) is 0 Å². The number of halogens is 1. The first kappa shape index (κ1) is 18.8. The first-order valence-electron chi connectivity index (χ1n) is 6.76. The van der Waals surface area contributed by atoms with Crippen LogP contribution in [0.2, 0.25) is 0 Å². The van der Waals surface area contributed by atoms with Crippen molar-refractivity contribution in [1.29, 1.82) is 0 Å². The van der Waals surface area contributed by atoms with Gasteiger partial charge in [-0.3, -0.25) is 9.59 Å². The summed E-state index contributed by atoms with van der Waals surface area (Å²) in [7, 11) is 0. The predicted octanol–water partition coefficient (Wildman–Crippen LogP) is 1.00. The maximum Gasteiger partial charge on any atom is 0.227 e. The van der Waals surface area contributed by atoms with Gasteiger partial charge >= 0.3 is 0 Å². The summed E-state index contributed by atoms with van der Waals surface area (Å²) in [6.07, 6.45) is 0.356. The molecule has 1 aliphatic rings. The summed E-state index contributed by atoms with van der Waals surface area (Å²) in [6.45, 7) is 2.00. The minimum absolute atomic E-state index is 0. The van der Waals surface area contributed by atoms with Gasteiger partial charge in [0.2, 0.25) is 11.8 Å². The van der Waals surface area contributed by atoms with Gasteiger partial charge in [-0.15, -0.1) is 24.2 Å². The van der Waals surface area contributed by atoms with Crippen molar-refractivity contribution < 1.29 is 14.3 Å². The van der Waals surface area contributed by atoms with E-state index >= 15 is 0 Å². The summed E-state index contributed by atoms with van der Waals surface area (Å²) in [5, 5.41) is 6.11. The number of nitrogens with two attached hydrogens (primary N) is 1. The highest BCUT2D eigenvalue weighted by Gasteiger charge is 2.17. The zero-order chi connectivity index (χ0) is 15.1. The second kappa shape index (κ2) is 9.68. The first-order valence-corrected chi connectivity index (χ1v) is 7.75. The van der Waals surface area contributed by atoms with Crippen molar-refractivity contribution in [2.45, 2.75) is 17.4 Å². The molecule has 22 heavy (non-hydrogen) atoms. The molecule has 122 valence electrons. The second-order valence-electron chi connectivity index (χ2n) is 4.73. The van der Waals surface area contributed by atoms with E-state index in [1.807, 2.05) is 24.3 Å². The van der Waals surface area contributed by atoms with Gasteiger partial charge in [0.15, 0.2) is 0 Å². The molecular weight excluding hydrogens is 326 g/mol. The number of rotatable bonds is 6. The molecule has 1 heterocycles. The fourth-order valence-electron chi connectivity index (χ4n) is 2.02. The number of anilines is 1. The minimum atomic E-state index is -0.385. The van der Waals surface area contributed by atoms with Crippen LogP contribution in [0.15, 0.2) is 29.2 Å². The topological polar surface area (TPSA) is 93.5 Å². The van der Waals surface area contributed by atoms with E-state index in [2.05, 4.69) is 10.6 Å². The third-order valence-electron chi connectivity index (χ3n) is 2.96. The summed E-state index contributed by atoms with van der Waals surface area (Å²) < 4.78 is 5.32. The molecule has 1 unspecified atom stereocenters. The molecule has 4 N–H and O–H groups in total. The van der Waals surface area contributed by atoms with E-state index in [-0.39, 0.29) is 36.0 Å². The minimum Gasteiger partial charge on any atom is -0.378 e. The van der Waals surface area contributed by atoms with E-state index in [9.17, 15) is 9.59 Å². The van der Waals surface area contributed by atoms with Crippen molar-refractivity contribution in [3.8, 4) is 0 Å². The van der Waals surface area contributed by atoms with E-state index < -0.39 is 0 Å². The van der Waals surface area contributed by atoms with Crippen molar-refractivity contribution in [3.05, 3.63) is 24.3 Å². The van der Waals surface area contributed by atoms with E-state index in [0.29, 0.717) is 25.3 Å². The Bertz CT molecular complexity index is 510. The zero-order valence-electron chi connectivity index (χ0n) is 12.0. The van der Waals surface area contributed by atoms with E-state index in [4.69, 9.17) is 10.5 Å². The van der Waals surface area contributed by atoms with Crippen LogP contribution in [0.5, 0.6) is 0 Å². The summed E-state index contributed by atoms with van der Waals surface area (Å²) in [4.78, 5) is 23.8. The Hall–Kier alpha value is -1.28. The van der Waals surface area contributed by atoms with Gasteiger partial charge in [0.25, 0.3) is 0 Å². The van der Waals surface area contributed by atoms with Crippen molar-refractivity contribution in [1.82, 2.24) is 5.32 Å². The summed E-state index contributed by atoms with van der Waals surface area (Å²) in [5.74, 6) is -0.278. The number of primary amides is 1. The molecule has 6 nitrogen and oxygen atoms in total. The maximum atomic E-state index is 12.1. The fourth-order valence-corrected chi connectivity index (χ4v) is 2.77. The number of carbonyl (C=O) groups is 2. The number of para-hydroxylation sites is 1. The maximum absolute atomic E-state index is 12.1. The number of carbonyl (C=O) groups excluding carboxylic acids is 2. The lowest BCUT2D eigenvalue weighted by Crippen LogP contribution is -2.43. The number of benzene rings is 1. The molecule has 1 aliphatic heterocycles. The number of ether oxygens (including phenoxy) is 1. The van der Waals surface area contributed by atoms with Crippen LogP contribution in [-0.2, 0) is 14.3 Å². The summed E-state index contributed by atoms with van der Waals surface area (Å²) >= 11 is 1.31. The van der Waals surface area contributed by atoms with Crippen molar-refractivity contribution in [2.75, 3.05) is 30.8 Å². The molecule has 8 heteroatoms. The molecule has 1 aromatic rings.